The number of thiophene rings is 1. The van der Waals surface area contributed by atoms with E-state index in [0.717, 1.165) is 26.5 Å². The summed E-state index contributed by atoms with van der Waals surface area (Å²) >= 11 is 5.19. The number of rotatable bonds is 2. The van der Waals surface area contributed by atoms with E-state index in [-0.39, 0.29) is 5.60 Å². The molecule has 0 aliphatic rings. The summed E-state index contributed by atoms with van der Waals surface area (Å²) in [6, 6.07) is 11.8. The third-order valence-corrected chi connectivity index (χ3v) is 5.09. The first-order valence-electron chi connectivity index (χ1n) is 8.18. The number of pyridine rings is 1. The Morgan fingerprint density at radius 2 is 2.00 bits per heavy atom. The van der Waals surface area contributed by atoms with Crippen LogP contribution in [0.4, 0.5) is 0 Å². The minimum Gasteiger partial charge on any atom is -0.454 e. The van der Waals surface area contributed by atoms with Crippen LogP contribution in [0.25, 0.3) is 32.5 Å². The first kappa shape index (κ1) is 17.2. The number of hydrogen-bond donors (Lipinski definition) is 0. The largest absolute Gasteiger partial charge is 0.454 e. The van der Waals surface area contributed by atoms with Crippen molar-refractivity contribution < 1.29 is 9.25 Å². The van der Waals surface area contributed by atoms with Gasteiger partial charge in [0.25, 0.3) is 0 Å². The van der Waals surface area contributed by atoms with Crippen LogP contribution >= 0.6 is 27.3 Å². The molecule has 0 saturated heterocycles. The Kier molecular flexibility index (Phi) is 4.32. The summed E-state index contributed by atoms with van der Waals surface area (Å²) in [5.74, 6) is 0.659. The van der Waals surface area contributed by atoms with E-state index in [4.69, 9.17) is 9.25 Å². The van der Waals surface area contributed by atoms with E-state index < -0.39 is 0 Å². The van der Waals surface area contributed by atoms with E-state index in [0.29, 0.717) is 11.1 Å². The molecule has 132 valence electrons. The molecule has 3 aromatic heterocycles. The average molecular weight is 429 g/mol. The summed E-state index contributed by atoms with van der Waals surface area (Å²) in [7, 11) is 0. The second kappa shape index (κ2) is 6.52. The number of hydrogen-bond acceptors (Lipinski definition) is 5. The Bertz CT molecular complexity index is 1170. The van der Waals surface area contributed by atoms with Gasteiger partial charge in [-0.1, -0.05) is 21.1 Å². The first-order valence-corrected chi connectivity index (χ1v) is 9.86. The molecule has 26 heavy (non-hydrogen) atoms. The molecule has 1 aromatic carbocycles. The predicted molar refractivity (Wildman–Crippen MR) is 109 cm³/mol. The fraction of sp³-hybridized carbons (Fsp3) is 0.200. The molecule has 0 fully saturated rings. The van der Waals surface area contributed by atoms with E-state index >= 15 is 0 Å². The van der Waals surface area contributed by atoms with Gasteiger partial charge in [-0.3, -0.25) is 4.98 Å². The number of benzene rings is 1. The third kappa shape index (κ3) is 3.52. The molecule has 4 aromatic rings. The second-order valence-electron chi connectivity index (χ2n) is 6.96. The summed E-state index contributed by atoms with van der Waals surface area (Å²) in [5.41, 5.74) is 1.13. The smallest absolute Gasteiger partial charge is 0.155 e. The molecule has 0 spiro atoms. The Morgan fingerprint density at radius 3 is 2.81 bits per heavy atom. The Hall–Kier alpha value is -2.18. The van der Waals surface area contributed by atoms with Crippen molar-refractivity contribution >= 4 is 48.3 Å². The molecule has 3 heterocycles. The fourth-order valence-corrected chi connectivity index (χ4v) is 3.68. The number of nitrogens with zero attached hydrogens (tertiary/aromatic N) is 2. The van der Waals surface area contributed by atoms with Crippen molar-refractivity contribution in [1.29, 1.82) is 0 Å². The molecule has 0 N–H and O–H groups in total. The topological polar surface area (TPSA) is 47.6 Å². The summed E-state index contributed by atoms with van der Waals surface area (Å²) in [4.78, 5) is 10.2. The van der Waals surface area contributed by atoms with Crippen molar-refractivity contribution in [2.45, 2.75) is 26.4 Å². The van der Waals surface area contributed by atoms with Crippen LogP contribution in [-0.2, 0) is 4.84 Å². The van der Waals surface area contributed by atoms with Crippen molar-refractivity contribution in [3.63, 3.8) is 0 Å². The van der Waals surface area contributed by atoms with Gasteiger partial charge in [-0.25, -0.2) is 0 Å². The summed E-state index contributed by atoms with van der Waals surface area (Å²) in [6.45, 7) is 5.90. The first-order chi connectivity index (χ1) is 12.4. The molecule has 6 heteroatoms. The Labute approximate surface area is 163 Å². The van der Waals surface area contributed by atoms with Crippen LogP contribution in [0, 0.1) is 0 Å². The highest BCUT2D eigenvalue weighted by Crippen LogP contribution is 2.27. The van der Waals surface area contributed by atoms with Gasteiger partial charge in [0.2, 0.25) is 0 Å². The van der Waals surface area contributed by atoms with Gasteiger partial charge < -0.3 is 9.25 Å². The van der Waals surface area contributed by atoms with Gasteiger partial charge in [0.15, 0.2) is 5.76 Å². The monoisotopic (exact) mass is 428 g/mol. The average Bonchev–Trinajstić information content (AvgIpc) is 3.06. The molecule has 0 bridgehead atoms. The molecule has 4 nitrogen and oxygen atoms in total. The van der Waals surface area contributed by atoms with Gasteiger partial charge in [0.05, 0.1) is 0 Å². The molecular formula is C20H17BrN2O2S. The standard InChI is InChI=1S/C20H17BrN2O2S/c1-20(2,3)25-23-15-9-18(24-17-5-4-13(21)8-14(15)17)16-10-19-12(11-22-16)6-7-26-19/h4-11H,1-3H3. The second-order valence-corrected chi connectivity index (χ2v) is 8.82. The summed E-state index contributed by atoms with van der Waals surface area (Å²) in [6.07, 6.45) is 1.87. The van der Waals surface area contributed by atoms with Crippen LogP contribution in [0.5, 0.6) is 0 Å². The summed E-state index contributed by atoms with van der Waals surface area (Å²) < 4.78 is 8.24. The maximum atomic E-state index is 6.11. The van der Waals surface area contributed by atoms with Crippen molar-refractivity contribution in [3.05, 3.63) is 57.8 Å². The van der Waals surface area contributed by atoms with Crippen molar-refractivity contribution in [2.24, 2.45) is 5.16 Å². The molecular weight excluding hydrogens is 412 g/mol. The van der Waals surface area contributed by atoms with Crippen LogP contribution in [0.3, 0.4) is 0 Å². The minimum atomic E-state index is -0.375. The van der Waals surface area contributed by atoms with Crippen LogP contribution in [0.2, 0.25) is 0 Å². The van der Waals surface area contributed by atoms with E-state index in [9.17, 15) is 0 Å². The molecule has 0 unspecified atom stereocenters. The summed E-state index contributed by atoms with van der Waals surface area (Å²) in [5, 5.41) is 9.16. The van der Waals surface area contributed by atoms with Crippen molar-refractivity contribution in [1.82, 2.24) is 4.98 Å². The number of fused-ring (bicyclic) bond motifs is 2. The van der Waals surface area contributed by atoms with E-state index in [1.807, 2.05) is 57.3 Å². The van der Waals surface area contributed by atoms with Gasteiger partial charge in [0.1, 0.15) is 22.2 Å². The number of aromatic nitrogens is 1. The van der Waals surface area contributed by atoms with Crippen molar-refractivity contribution in [2.75, 3.05) is 0 Å². The molecule has 0 aliphatic heterocycles. The lowest BCUT2D eigenvalue weighted by atomic mass is 10.2. The zero-order valence-corrected chi connectivity index (χ0v) is 17.0. The SMILES string of the molecule is CC(C)(C)ON=c1cc(-c2cc3sccc3cn2)oc2ccc(Br)cc12. The number of halogens is 1. The maximum absolute atomic E-state index is 6.11. The highest BCUT2D eigenvalue weighted by atomic mass is 79.9. The van der Waals surface area contributed by atoms with Crippen LogP contribution in [0.15, 0.2) is 62.0 Å². The quantitative estimate of drug-likeness (QED) is 0.362. The predicted octanol–water partition coefficient (Wildman–Crippen LogP) is 6.10. The lowest BCUT2D eigenvalue weighted by Gasteiger charge is -2.15. The van der Waals surface area contributed by atoms with Gasteiger partial charge in [-0.15, -0.1) is 11.3 Å². The van der Waals surface area contributed by atoms with Crippen LogP contribution < -0.4 is 5.36 Å². The molecule has 0 atom stereocenters. The highest BCUT2D eigenvalue weighted by Gasteiger charge is 2.12. The lowest BCUT2D eigenvalue weighted by Crippen LogP contribution is -2.18. The Balaban J connectivity index is 1.94. The lowest BCUT2D eigenvalue weighted by molar-refractivity contribution is -0.00585. The van der Waals surface area contributed by atoms with Crippen molar-refractivity contribution in [3.8, 4) is 11.5 Å². The zero-order valence-electron chi connectivity index (χ0n) is 14.6. The molecule has 0 aliphatic carbocycles. The Morgan fingerprint density at radius 1 is 1.15 bits per heavy atom. The van der Waals surface area contributed by atoms with E-state index in [2.05, 4.69) is 37.5 Å². The van der Waals surface area contributed by atoms with Gasteiger partial charge in [0, 0.05) is 32.2 Å². The van der Waals surface area contributed by atoms with Crippen LogP contribution in [0.1, 0.15) is 20.8 Å². The van der Waals surface area contributed by atoms with Gasteiger partial charge in [-0.2, -0.15) is 0 Å². The molecule has 0 radical (unpaired) electrons. The maximum Gasteiger partial charge on any atom is 0.155 e. The highest BCUT2D eigenvalue weighted by molar-refractivity contribution is 9.10. The van der Waals surface area contributed by atoms with Gasteiger partial charge >= 0.3 is 0 Å². The van der Waals surface area contributed by atoms with E-state index in [1.54, 1.807) is 11.3 Å². The molecule has 4 rings (SSSR count). The minimum absolute atomic E-state index is 0.375. The third-order valence-electron chi connectivity index (χ3n) is 3.71. The van der Waals surface area contributed by atoms with Gasteiger partial charge in [-0.05, 0) is 56.5 Å². The molecule has 0 saturated carbocycles. The fourth-order valence-electron chi connectivity index (χ4n) is 2.52. The normalized spacial score (nSPS) is 12.8. The zero-order chi connectivity index (χ0) is 18.3. The van der Waals surface area contributed by atoms with Crippen LogP contribution in [-0.4, -0.2) is 10.6 Å². The van der Waals surface area contributed by atoms with E-state index in [1.165, 1.54) is 4.70 Å². The molecule has 0 amide bonds.